The van der Waals surface area contributed by atoms with Gasteiger partial charge in [-0.2, -0.15) is 4.98 Å². The van der Waals surface area contributed by atoms with Gasteiger partial charge in [0.05, 0.1) is 5.56 Å². The van der Waals surface area contributed by atoms with Gasteiger partial charge >= 0.3 is 0 Å². The first-order valence-electron chi connectivity index (χ1n) is 9.22. The molecule has 0 unspecified atom stereocenters. The maximum Gasteiger partial charge on any atom is 0.292 e. The summed E-state index contributed by atoms with van der Waals surface area (Å²) in [6.07, 6.45) is 1.63. The zero-order valence-electron chi connectivity index (χ0n) is 16.4. The zero-order valence-corrected chi connectivity index (χ0v) is 16.4. The number of amides is 1. The molecule has 2 heterocycles. The van der Waals surface area contributed by atoms with Crippen LogP contribution in [0.4, 0.5) is 17.3 Å². The summed E-state index contributed by atoms with van der Waals surface area (Å²) in [4.78, 5) is 38.6. The number of hydrogen-bond donors (Lipinski definition) is 2. The average Bonchev–Trinajstić information content (AvgIpc) is 2.74. The summed E-state index contributed by atoms with van der Waals surface area (Å²) in [6.45, 7) is 1.43. The van der Waals surface area contributed by atoms with E-state index in [0.717, 1.165) is 10.4 Å². The highest BCUT2D eigenvalue weighted by Crippen LogP contribution is 2.23. The Bertz CT molecular complexity index is 1290. The van der Waals surface area contributed by atoms with Gasteiger partial charge in [-0.15, -0.1) is 4.73 Å². The molecular formula is C22H19N5O3. The first kappa shape index (κ1) is 19.1. The Labute approximate surface area is 172 Å². The molecule has 0 bridgehead atoms. The number of nitrogens with one attached hydrogen (secondary N) is 2. The molecule has 150 valence electrons. The molecule has 0 saturated carbocycles. The standard InChI is InChI=1S/C22H19N5O3/c1-14(28)24-18-10-6-7-15(11-18)19-12-16-13-23-22(25-17-8-4-3-5-9-17)26-20(16)27(30-2)21(19)29/h3-13H,1-2H3,(H,24,28)(H,23,25,26). The molecule has 0 aliphatic carbocycles. The summed E-state index contributed by atoms with van der Waals surface area (Å²) in [7, 11) is 1.41. The van der Waals surface area contributed by atoms with Gasteiger partial charge in [0.2, 0.25) is 11.9 Å². The number of benzene rings is 2. The molecule has 2 N–H and O–H groups in total. The molecule has 2 aromatic carbocycles. The fourth-order valence-corrected chi connectivity index (χ4v) is 3.12. The smallest absolute Gasteiger partial charge is 0.292 e. The van der Waals surface area contributed by atoms with Crippen LogP contribution in [0.3, 0.4) is 0 Å². The van der Waals surface area contributed by atoms with E-state index in [2.05, 4.69) is 20.6 Å². The van der Waals surface area contributed by atoms with Crippen molar-refractivity contribution in [1.82, 2.24) is 14.7 Å². The topological polar surface area (TPSA) is 98.1 Å². The minimum absolute atomic E-state index is 0.188. The third-order valence-corrected chi connectivity index (χ3v) is 4.41. The van der Waals surface area contributed by atoms with E-state index >= 15 is 0 Å². The van der Waals surface area contributed by atoms with Crippen LogP contribution in [-0.4, -0.2) is 27.7 Å². The lowest BCUT2D eigenvalue weighted by molar-refractivity contribution is -0.114. The summed E-state index contributed by atoms with van der Waals surface area (Å²) >= 11 is 0. The van der Waals surface area contributed by atoms with Crippen molar-refractivity contribution in [2.24, 2.45) is 0 Å². The van der Waals surface area contributed by atoms with E-state index in [-0.39, 0.29) is 11.5 Å². The first-order chi connectivity index (χ1) is 14.5. The van der Waals surface area contributed by atoms with Crippen LogP contribution in [0.15, 0.2) is 71.7 Å². The van der Waals surface area contributed by atoms with Gasteiger partial charge in [-0.25, -0.2) is 4.98 Å². The van der Waals surface area contributed by atoms with Gasteiger partial charge in [0.25, 0.3) is 5.56 Å². The van der Waals surface area contributed by atoms with Crippen molar-refractivity contribution in [3.63, 3.8) is 0 Å². The van der Waals surface area contributed by atoms with E-state index in [4.69, 9.17) is 4.84 Å². The Kier molecular flexibility index (Phi) is 5.13. The van der Waals surface area contributed by atoms with Crippen molar-refractivity contribution in [1.29, 1.82) is 0 Å². The lowest BCUT2D eigenvalue weighted by atomic mass is 10.1. The number of carbonyl (C=O) groups is 1. The largest absolute Gasteiger partial charge is 0.412 e. The Morgan fingerprint density at radius 2 is 1.80 bits per heavy atom. The van der Waals surface area contributed by atoms with Crippen molar-refractivity contribution in [2.75, 3.05) is 17.7 Å². The van der Waals surface area contributed by atoms with Crippen LogP contribution in [0.25, 0.3) is 22.2 Å². The van der Waals surface area contributed by atoms with Gasteiger partial charge in [0.1, 0.15) is 7.11 Å². The average molecular weight is 401 g/mol. The highest BCUT2D eigenvalue weighted by Gasteiger charge is 2.14. The van der Waals surface area contributed by atoms with Crippen molar-refractivity contribution >= 4 is 34.3 Å². The van der Waals surface area contributed by atoms with Gasteiger partial charge in [0, 0.05) is 29.9 Å². The molecule has 30 heavy (non-hydrogen) atoms. The number of rotatable bonds is 5. The van der Waals surface area contributed by atoms with Crippen molar-refractivity contribution < 1.29 is 9.63 Å². The summed E-state index contributed by atoms with van der Waals surface area (Å²) in [5.41, 5.74) is 2.46. The van der Waals surface area contributed by atoms with Gasteiger partial charge in [-0.3, -0.25) is 9.59 Å². The molecule has 4 rings (SSSR count). The summed E-state index contributed by atoms with van der Waals surface area (Å²) in [5.74, 6) is 0.158. The van der Waals surface area contributed by atoms with Crippen LogP contribution in [0.2, 0.25) is 0 Å². The van der Waals surface area contributed by atoms with E-state index < -0.39 is 0 Å². The Balaban J connectivity index is 1.80. The van der Waals surface area contributed by atoms with E-state index in [9.17, 15) is 9.59 Å². The van der Waals surface area contributed by atoms with Gasteiger partial charge in [-0.05, 0) is 35.9 Å². The maximum atomic E-state index is 13.1. The van der Waals surface area contributed by atoms with Crippen LogP contribution in [-0.2, 0) is 4.79 Å². The molecular weight excluding hydrogens is 382 g/mol. The molecule has 8 heteroatoms. The maximum absolute atomic E-state index is 13.1. The minimum Gasteiger partial charge on any atom is -0.412 e. The van der Waals surface area contributed by atoms with Crippen molar-refractivity contribution in [2.45, 2.75) is 6.92 Å². The quantitative estimate of drug-likeness (QED) is 0.533. The zero-order chi connectivity index (χ0) is 21.1. The van der Waals surface area contributed by atoms with Crippen LogP contribution in [0.1, 0.15) is 6.92 Å². The summed E-state index contributed by atoms with van der Waals surface area (Å²) < 4.78 is 1.13. The molecule has 0 radical (unpaired) electrons. The van der Waals surface area contributed by atoms with Crippen LogP contribution in [0.5, 0.6) is 0 Å². The second-order valence-corrected chi connectivity index (χ2v) is 6.57. The second-order valence-electron chi connectivity index (χ2n) is 6.57. The number of nitrogens with zero attached hydrogens (tertiary/aromatic N) is 3. The number of para-hydroxylation sites is 1. The van der Waals surface area contributed by atoms with Gasteiger partial charge < -0.3 is 15.5 Å². The Morgan fingerprint density at radius 3 is 2.53 bits per heavy atom. The molecule has 0 spiro atoms. The van der Waals surface area contributed by atoms with Gasteiger partial charge in [0.15, 0.2) is 5.65 Å². The summed E-state index contributed by atoms with van der Waals surface area (Å²) in [5, 5.41) is 6.46. The number of pyridine rings is 1. The van der Waals surface area contributed by atoms with E-state index in [1.165, 1.54) is 14.0 Å². The minimum atomic E-state index is -0.366. The SMILES string of the molecule is COn1c(=O)c(-c2cccc(NC(C)=O)c2)cc2cnc(Nc3ccccc3)nc21. The molecule has 0 atom stereocenters. The second kappa shape index (κ2) is 8.04. The predicted octanol–water partition coefficient (Wildman–Crippen LogP) is 3.22. The molecule has 0 fully saturated rings. The molecule has 0 aliphatic heterocycles. The Hall–Kier alpha value is -4.20. The predicted molar refractivity (Wildman–Crippen MR) is 116 cm³/mol. The highest BCUT2D eigenvalue weighted by molar-refractivity contribution is 5.90. The third kappa shape index (κ3) is 3.83. The number of anilines is 3. The lowest BCUT2D eigenvalue weighted by Gasteiger charge is -2.12. The van der Waals surface area contributed by atoms with E-state index in [1.807, 2.05) is 30.3 Å². The lowest BCUT2D eigenvalue weighted by Crippen LogP contribution is -2.27. The molecule has 0 aliphatic rings. The number of fused-ring (bicyclic) bond motifs is 1. The van der Waals surface area contributed by atoms with Crippen LogP contribution < -0.4 is 21.0 Å². The monoisotopic (exact) mass is 401 g/mol. The highest BCUT2D eigenvalue weighted by atomic mass is 16.6. The number of carbonyl (C=O) groups excluding carboxylic acids is 1. The van der Waals surface area contributed by atoms with Crippen LogP contribution in [0, 0.1) is 0 Å². The molecule has 4 aromatic rings. The van der Waals surface area contributed by atoms with Crippen LogP contribution >= 0.6 is 0 Å². The van der Waals surface area contributed by atoms with Gasteiger partial charge in [-0.1, -0.05) is 30.3 Å². The van der Waals surface area contributed by atoms with Crippen molar-refractivity contribution in [3.05, 3.63) is 77.2 Å². The fraction of sp³-hybridized carbons (Fsp3) is 0.0909. The van der Waals surface area contributed by atoms with Crippen molar-refractivity contribution in [3.8, 4) is 11.1 Å². The normalized spacial score (nSPS) is 10.6. The fourth-order valence-electron chi connectivity index (χ4n) is 3.12. The Morgan fingerprint density at radius 1 is 1.03 bits per heavy atom. The number of hydrogen-bond acceptors (Lipinski definition) is 6. The molecule has 1 amide bonds. The summed E-state index contributed by atoms with van der Waals surface area (Å²) in [6, 6.07) is 18.3. The first-order valence-corrected chi connectivity index (χ1v) is 9.22. The van der Waals surface area contributed by atoms with E-state index in [0.29, 0.717) is 33.8 Å². The molecule has 0 saturated heterocycles. The molecule has 8 nitrogen and oxygen atoms in total. The molecule has 2 aromatic heterocycles. The number of aromatic nitrogens is 3. The van der Waals surface area contributed by atoms with E-state index in [1.54, 1.807) is 36.5 Å². The third-order valence-electron chi connectivity index (χ3n) is 4.41.